The molecule has 0 saturated carbocycles. The van der Waals surface area contributed by atoms with Crippen molar-refractivity contribution in [3.8, 4) is 0 Å². The highest BCUT2D eigenvalue weighted by atomic mass is 16.2. The van der Waals surface area contributed by atoms with Crippen LogP contribution >= 0.6 is 0 Å². The molecular formula is C16H18N6O. The SMILES string of the molecule is O=C(Cn1cccn1)N1CCCC[C@@H]1c1ccn2ccnc2n1. The summed E-state index contributed by atoms with van der Waals surface area (Å²) in [5, 5.41) is 4.12. The summed E-state index contributed by atoms with van der Waals surface area (Å²) in [6.45, 7) is 1.04. The lowest BCUT2D eigenvalue weighted by Gasteiger charge is -2.35. The highest BCUT2D eigenvalue weighted by Gasteiger charge is 2.29. The van der Waals surface area contributed by atoms with Crippen LogP contribution in [-0.2, 0) is 11.3 Å². The van der Waals surface area contributed by atoms with Gasteiger partial charge in [0.1, 0.15) is 6.54 Å². The average molecular weight is 310 g/mol. The average Bonchev–Trinajstić information content (AvgIpc) is 3.25. The summed E-state index contributed by atoms with van der Waals surface area (Å²) in [5.74, 6) is 0.760. The number of rotatable bonds is 3. The zero-order valence-electron chi connectivity index (χ0n) is 12.7. The van der Waals surface area contributed by atoms with Gasteiger partial charge in [0.2, 0.25) is 11.7 Å². The zero-order chi connectivity index (χ0) is 15.6. The first kappa shape index (κ1) is 13.9. The number of fused-ring (bicyclic) bond motifs is 1. The third-order valence-electron chi connectivity index (χ3n) is 4.30. The molecule has 0 unspecified atom stereocenters. The van der Waals surface area contributed by atoms with Crippen LogP contribution < -0.4 is 0 Å². The van der Waals surface area contributed by atoms with E-state index in [0.29, 0.717) is 5.78 Å². The second-order valence-electron chi connectivity index (χ2n) is 5.79. The van der Waals surface area contributed by atoms with E-state index in [4.69, 9.17) is 0 Å². The molecule has 1 aliphatic heterocycles. The molecule has 0 aromatic carbocycles. The highest BCUT2D eigenvalue weighted by molar-refractivity contribution is 5.76. The number of imidazole rings is 1. The van der Waals surface area contributed by atoms with Gasteiger partial charge in [-0.1, -0.05) is 0 Å². The molecule has 0 N–H and O–H groups in total. The molecule has 7 nitrogen and oxygen atoms in total. The van der Waals surface area contributed by atoms with Gasteiger partial charge in [0.05, 0.1) is 11.7 Å². The quantitative estimate of drug-likeness (QED) is 0.738. The molecule has 118 valence electrons. The molecule has 3 aromatic heterocycles. The van der Waals surface area contributed by atoms with E-state index in [1.807, 2.05) is 40.0 Å². The first-order chi connectivity index (χ1) is 11.3. The van der Waals surface area contributed by atoms with Gasteiger partial charge in [-0.05, 0) is 31.4 Å². The summed E-state index contributed by atoms with van der Waals surface area (Å²) >= 11 is 0. The first-order valence-corrected chi connectivity index (χ1v) is 7.88. The van der Waals surface area contributed by atoms with E-state index in [1.54, 1.807) is 17.1 Å². The maximum Gasteiger partial charge on any atom is 0.244 e. The molecule has 0 radical (unpaired) electrons. The van der Waals surface area contributed by atoms with Crippen LogP contribution in [0.5, 0.6) is 0 Å². The Morgan fingerprint density at radius 1 is 1.22 bits per heavy atom. The van der Waals surface area contributed by atoms with Crippen molar-refractivity contribution in [2.75, 3.05) is 6.54 Å². The smallest absolute Gasteiger partial charge is 0.244 e. The lowest BCUT2D eigenvalue weighted by atomic mass is 9.99. The molecule has 0 bridgehead atoms. The normalized spacial score (nSPS) is 18.4. The monoisotopic (exact) mass is 310 g/mol. The summed E-state index contributed by atoms with van der Waals surface area (Å²) in [5.41, 5.74) is 0.914. The van der Waals surface area contributed by atoms with Crippen LogP contribution in [0.4, 0.5) is 0 Å². The summed E-state index contributed by atoms with van der Waals surface area (Å²) in [7, 11) is 0. The Labute approximate surface area is 133 Å². The van der Waals surface area contributed by atoms with Crippen LogP contribution in [0.25, 0.3) is 5.78 Å². The van der Waals surface area contributed by atoms with Crippen molar-refractivity contribution < 1.29 is 4.79 Å². The Kier molecular flexibility index (Phi) is 3.53. The number of nitrogens with zero attached hydrogens (tertiary/aromatic N) is 6. The van der Waals surface area contributed by atoms with Crippen LogP contribution in [-0.4, -0.2) is 41.5 Å². The molecule has 4 heterocycles. The second-order valence-corrected chi connectivity index (χ2v) is 5.79. The lowest BCUT2D eigenvalue weighted by molar-refractivity contribution is -0.136. The predicted molar refractivity (Wildman–Crippen MR) is 83.5 cm³/mol. The van der Waals surface area contributed by atoms with Gasteiger partial charge in [-0.25, -0.2) is 9.97 Å². The van der Waals surface area contributed by atoms with Gasteiger partial charge < -0.3 is 4.90 Å². The van der Waals surface area contributed by atoms with Crippen LogP contribution in [0.3, 0.4) is 0 Å². The van der Waals surface area contributed by atoms with Crippen molar-refractivity contribution >= 4 is 11.7 Å². The number of carbonyl (C=O) groups excluding carboxylic acids is 1. The summed E-state index contributed by atoms with van der Waals surface area (Å²) in [6.07, 6.45) is 12.1. The number of hydrogen-bond donors (Lipinski definition) is 0. The molecule has 1 atom stereocenters. The Hall–Kier alpha value is -2.70. The standard InChI is InChI=1S/C16H18N6O/c23-15(12-21-8-3-6-18-21)22-9-2-1-4-14(22)13-5-10-20-11-7-17-16(20)19-13/h3,5-8,10-11,14H,1-2,4,9,12H2/t14-/m1/s1. The maximum absolute atomic E-state index is 12.7. The summed E-state index contributed by atoms with van der Waals surface area (Å²) < 4.78 is 3.54. The Morgan fingerprint density at radius 3 is 3.04 bits per heavy atom. The van der Waals surface area contributed by atoms with Crippen molar-refractivity contribution in [2.24, 2.45) is 0 Å². The van der Waals surface area contributed by atoms with Gasteiger partial charge in [-0.15, -0.1) is 0 Å². The minimum Gasteiger partial charge on any atom is -0.332 e. The summed E-state index contributed by atoms with van der Waals surface area (Å²) in [6, 6.07) is 3.83. The Balaban J connectivity index is 1.60. The van der Waals surface area contributed by atoms with Crippen molar-refractivity contribution in [2.45, 2.75) is 31.8 Å². The molecule has 1 fully saturated rings. The van der Waals surface area contributed by atoms with Gasteiger partial charge in [-0.2, -0.15) is 5.10 Å². The van der Waals surface area contributed by atoms with E-state index in [1.165, 1.54) is 0 Å². The maximum atomic E-state index is 12.7. The third kappa shape index (κ3) is 2.69. The van der Waals surface area contributed by atoms with E-state index in [-0.39, 0.29) is 18.5 Å². The lowest BCUT2D eigenvalue weighted by Crippen LogP contribution is -2.40. The van der Waals surface area contributed by atoms with E-state index >= 15 is 0 Å². The second kappa shape index (κ2) is 5.83. The molecule has 1 aliphatic rings. The summed E-state index contributed by atoms with van der Waals surface area (Å²) in [4.78, 5) is 23.5. The van der Waals surface area contributed by atoms with Gasteiger partial charge in [0.15, 0.2) is 0 Å². The Morgan fingerprint density at radius 2 is 2.17 bits per heavy atom. The van der Waals surface area contributed by atoms with Crippen LogP contribution in [0.15, 0.2) is 43.1 Å². The van der Waals surface area contributed by atoms with Crippen molar-refractivity contribution in [1.82, 2.24) is 29.0 Å². The fourth-order valence-corrected chi connectivity index (χ4v) is 3.16. The predicted octanol–water partition coefficient (Wildman–Crippen LogP) is 1.68. The van der Waals surface area contributed by atoms with Crippen molar-refractivity contribution in [3.63, 3.8) is 0 Å². The van der Waals surface area contributed by atoms with Crippen molar-refractivity contribution in [3.05, 3.63) is 48.8 Å². The molecule has 0 aliphatic carbocycles. The Bertz CT molecular complexity index is 809. The molecule has 1 amide bonds. The molecule has 4 rings (SSSR count). The van der Waals surface area contributed by atoms with E-state index in [0.717, 1.165) is 31.5 Å². The van der Waals surface area contributed by atoms with Crippen LogP contribution in [0, 0.1) is 0 Å². The third-order valence-corrected chi connectivity index (χ3v) is 4.30. The highest BCUT2D eigenvalue weighted by Crippen LogP contribution is 2.30. The fraction of sp³-hybridized carbons (Fsp3) is 0.375. The van der Waals surface area contributed by atoms with E-state index in [2.05, 4.69) is 15.1 Å². The molecule has 0 spiro atoms. The number of likely N-dealkylation sites (tertiary alicyclic amines) is 1. The molecule has 3 aromatic rings. The van der Waals surface area contributed by atoms with Crippen LogP contribution in [0.2, 0.25) is 0 Å². The van der Waals surface area contributed by atoms with E-state index in [9.17, 15) is 4.79 Å². The fourth-order valence-electron chi connectivity index (χ4n) is 3.16. The topological polar surface area (TPSA) is 68.3 Å². The number of carbonyl (C=O) groups is 1. The molecule has 7 heteroatoms. The van der Waals surface area contributed by atoms with Gasteiger partial charge in [-0.3, -0.25) is 13.9 Å². The minimum atomic E-state index is 0.0218. The molecular weight excluding hydrogens is 292 g/mol. The van der Waals surface area contributed by atoms with Crippen LogP contribution in [0.1, 0.15) is 31.0 Å². The van der Waals surface area contributed by atoms with Gasteiger partial charge in [0.25, 0.3) is 0 Å². The first-order valence-electron chi connectivity index (χ1n) is 7.88. The molecule has 23 heavy (non-hydrogen) atoms. The molecule has 1 saturated heterocycles. The van der Waals surface area contributed by atoms with Gasteiger partial charge >= 0.3 is 0 Å². The van der Waals surface area contributed by atoms with E-state index < -0.39 is 0 Å². The van der Waals surface area contributed by atoms with Crippen molar-refractivity contribution in [1.29, 1.82) is 0 Å². The zero-order valence-corrected chi connectivity index (χ0v) is 12.7. The minimum absolute atomic E-state index is 0.0218. The number of amides is 1. The number of hydrogen-bond acceptors (Lipinski definition) is 4. The van der Waals surface area contributed by atoms with Gasteiger partial charge in [0, 0.05) is 37.5 Å². The largest absolute Gasteiger partial charge is 0.332 e. The number of aromatic nitrogens is 5. The number of piperidine rings is 1.